The van der Waals surface area contributed by atoms with Crippen molar-refractivity contribution in [3.63, 3.8) is 0 Å². The lowest BCUT2D eigenvalue weighted by Gasteiger charge is -2.19. The second kappa shape index (κ2) is 7.11. The van der Waals surface area contributed by atoms with Crippen LogP contribution < -0.4 is 15.2 Å². The second-order valence-corrected chi connectivity index (χ2v) is 5.23. The van der Waals surface area contributed by atoms with Gasteiger partial charge in [0.15, 0.2) is 0 Å². The van der Waals surface area contributed by atoms with Crippen LogP contribution in [0.4, 0.5) is 0 Å². The standard InChI is InChI=1S/C16H15BrN2O2/c1-20-12-6-11(9-18)7-13(8-12)21-16(10-19)14-4-2-3-5-15(14)17/h2-8,16H,10,19H2,1H3. The van der Waals surface area contributed by atoms with Gasteiger partial charge < -0.3 is 15.2 Å². The minimum atomic E-state index is -0.306. The molecule has 0 saturated heterocycles. The molecular weight excluding hydrogens is 332 g/mol. The van der Waals surface area contributed by atoms with Crippen molar-refractivity contribution in [3.8, 4) is 17.6 Å². The molecule has 0 spiro atoms. The van der Waals surface area contributed by atoms with E-state index < -0.39 is 0 Å². The van der Waals surface area contributed by atoms with Gasteiger partial charge in [-0.25, -0.2) is 0 Å². The molecule has 108 valence electrons. The molecule has 5 heteroatoms. The van der Waals surface area contributed by atoms with Crippen LogP contribution in [-0.2, 0) is 0 Å². The van der Waals surface area contributed by atoms with Gasteiger partial charge >= 0.3 is 0 Å². The lowest BCUT2D eigenvalue weighted by atomic mass is 10.1. The Kier molecular flexibility index (Phi) is 5.20. The molecular formula is C16H15BrN2O2. The first-order valence-corrected chi connectivity index (χ1v) is 7.17. The molecule has 1 atom stereocenters. The molecule has 0 radical (unpaired) electrons. The highest BCUT2D eigenvalue weighted by atomic mass is 79.9. The molecule has 0 saturated carbocycles. The summed E-state index contributed by atoms with van der Waals surface area (Å²) in [7, 11) is 1.55. The van der Waals surface area contributed by atoms with Crippen molar-refractivity contribution in [3.05, 3.63) is 58.1 Å². The third-order valence-corrected chi connectivity index (χ3v) is 3.71. The van der Waals surface area contributed by atoms with Crippen LogP contribution in [0.5, 0.6) is 11.5 Å². The normalized spacial score (nSPS) is 11.5. The van der Waals surface area contributed by atoms with Crippen LogP contribution >= 0.6 is 15.9 Å². The van der Waals surface area contributed by atoms with E-state index in [1.165, 1.54) is 0 Å². The fraction of sp³-hybridized carbons (Fsp3) is 0.188. The molecule has 2 aromatic rings. The van der Waals surface area contributed by atoms with Crippen LogP contribution in [0.15, 0.2) is 46.9 Å². The zero-order valence-corrected chi connectivity index (χ0v) is 13.1. The van der Waals surface area contributed by atoms with E-state index in [1.807, 2.05) is 24.3 Å². The minimum Gasteiger partial charge on any atom is -0.497 e. The summed E-state index contributed by atoms with van der Waals surface area (Å²) in [4.78, 5) is 0. The lowest BCUT2D eigenvalue weighted by molar-refractivity contribution is 0.212. The summed E-state index contributed by atoms with van der Waals surface area (Å²) in [5, 5.41) is 9.04. The first-order valence-electron chi connectivity index (χ1n) is 6.38. The van der Waals surface area contributed by atoms with E-state index in [4.69, 9.17) is 20.5 Å². The number of hydrogen-bond acceptors (Lipinski definition) is 4. The highest BCUT2D eigenvalue weighted by molar-refractivity contribution is 9.10. The van der Waals surface area contributed by atoms with Gasteiger partial charge in [-0.3, -0.25) is 0 Å². The van der Waals surface area contributed by atoms with Crippen LogP contribution in [0.3, 0.4) is 0 Å². The number of nitriles is 1. The third kappa shape index (κ3) is 3.75. The zero-order chi connectivity index (χ0) is 15.2. The smallest absolute Gasteiger partial charge is 0.137 e. The minimum absolute atomic E-state index is 0.306. The zero-order valence-electron chi connectivity index (χ0n) is 11.5. The Bertz CT molecular complexity index is 668. The Morgan fingerprint density at radius 1 is 1.24 bits per heavy atom. The molecule has 0 aliphatic rings. The largest absolute Gasteiger partial charge is 0.497 e. The van der Waals surface area contributed by atoms with Crippen molar-refractivity contribution in [2.75, 3.05) is 13.7 Å². The van der Waals surface area contributed by atoms with Crippen molar-refractivity contribution in [1.29, 1.82) is 5.26 Å². The molecule has 0 heterocycles. The van der Waals surface area contributed by atoms with Gasteiger partial charge in [-0.2, -0.15) is 5.26 Å². The first-order chi connectivity index (χ1) is 10.2. The molecule has 0 aromatic heterocycles. The van der Waals surface area contributed by atoms with Crippen LogP contribution in [0, 0.1) is 11.3 Å². The summed E-state index contributed by atoms with van der Waals surface area (Å²) in [6, 6.07) is 14.9. The van der Waals surface area contributed by atoms with Gasteiger partial charge in [-0.15, -0.1) is 0 Å². The molecule has 2 N–H and O–H groups in total. The predicted molar refractivity (Wildman–Crippen MR) is 84.3 cm³/mol. The number of rotatable bonds is 5. The summed E-state index contributed by atoms with van der Waals surface area (Å²) in [5.74, 6) is 1.13. The summed E-state index contributed by atoms with van der Waals surface area (Å²) >= 11 is 3.49. The van der Waals surface area contributed by atoms with Gasteiger partial charge in [0.1, 0.15) is 17.6 Å². The number of methoxy groups -OCH3 is 1. The molecule has 1 unspecified atom stereocenters. The fourth-order valence-electron chi connectivity index (χ4n) is 1.96. The number of halogens is 1. The quantitative estimate of drug-likeness (QED) is 0.900. The fourth-order valence-corrected chi connectivity index (χ4v) is 2.50. The highest BCUT2D eigenvalue weighted by Crippen LogP contribution is 2.29. The maximum Gasteiger partial charge on any atom is 0.137 e. The third-order valence-electron chi connectivity index (χ3n) is 2.99. The van der Waals surface area contributed by atoms with Gasteiger partial charge in [0, 0.05) is 22.6 Å². The summed E-state index contributed by atoms with van der Waals surface area (Å²) < 4.78 is 12.0. The molecule has 0 fully saturated rings. The Balaban J connectivity index is 2.31. The van der Waals surface area contributed by atoms with Crippen LogP contribution in [0.25, 0.3) is 0 Å². The van der Waals surface area contributed by atoms with Crippen molar-refractivity contribution in [2.24, 2.45) is 5.73 Å². The van der Waals surface area contributed by atoms with E-state index in [0.717, 1.165) is 10.0 Å². The summed E-state index contributed by atoms with van der Waals surface area (Å²) in [6.45, 7) is 0.321. The first kappa shape index (κ1) is 15.4. The van der Waals surface area contributed by atoms with Crippen LogP contribution in [0.2, 0.25) is 0 Å². The van der Waals surface area contributed by atoms with Crippen LogP contribution in [-0.4, -0.2) is 13.7 Å². The summed E-state index contributed by atoms with van der Waals surface area (Å²) in [5.41, 5.74) is 7.26. The van der Waals surface area contributed by atoms with E-state index >= 15 is 0 Å². The Morgan fingerprint density at radius 3 is 2.57 bits per heavy atom. The van der Waals surface area contributed by atoms with Gasteiger partial charge in [-0.05, 0) is 18.2 Å². The van der Waals surface area contributed by atoms with Gasteiger partial charge in [0.05, 0.1) is 18.7 Å². The van der Waals surface area contributed by atoms with Crippen molar-refractivity contribution in [1.82, 2.24) is 0 Å². The van der Waals surface area contributed by atoms with Crippen molar-refractivity contribution >= 4 is 15.9 Å². The molecule has 21 heavy (non-hydrogen) atoms. The van der Waals surface area contributed by atoms with Gasteiger partial charge in [0.2, 0.25) is 0 Å². The summed E-state index contributed by atoms with van der Waals surface area (Å²) in [6.07, 6.45) is -0.306. The second-order valence-electron chi connectivity index (χ2n) is 4.37. The monoisotopic (exact) mass is 346 g/mol. The molecule has 2 aromatic carbocycles. The number of benzene rings is 2. The van der Waals surface area contributed by atoms with Crippen molar-refractivity contribution in [2.45, 2.75) is 6.10 Å². The molecule has 0 aliphatic heterocycles. The number of ether oxygens (including phenoxy) is 2. The number of hydrogen-bond donors (Lipinski definition) is 1. The molecule has 0 bridgehead atoms. The molecule has 0 aliphatic carbocycles. The molecule has 0 amide bonds. The SMILES string of the molecule is COc1cc(C#N)cc(OC(CN)c2ccccc2Br)c1. The Labute approximate surface area is 132 Å². The predicted octanol–water partition coefficient (Wildman–Crippen LogP) is 3.41. The maximum absolute atomic E-state index is 9.04. The van der Waals surface area contributed by atoms with E-state index in [1.54, 1.807) is 25.3 Å². The average molecular weight is 347 g/mol. The Morgan fingerprint density at radius 2 is 1.95 bits per heavy atom. The number of nitrogens with two attached hydrogens (primary N) is 1. The van der Waals surface area contributed by atoms with E-state index in [-0.39, 0.29) is 6.10 Å². The molecule has 2 rings (SSSR count). The Hall–Kier alpha value is -2.03. The van der Waals surface area contributed by atoms with Gasteiger partial charge in [0.25, 0.3) is 0 Å². The van der Waals surface area contributed by atoms with E-state index in [9.17, 15) is 0 Å². The van der Waals surface area contributed by atoms with E-state index in [0.29, 0.717) is 23.6 Å². The van der Waals surface area contributed by atoms with Crippen LogP contribution in [0.1, 0.15) is 17.2 Å². The highest BCUT2D eigenvalue weighted by Gasteiger charge is 2.15. The topological polar surface area (TPSA) is 68.3 Å². The van der Waals surface area contributed by atoms with Crippen molar-refractivity contribution < 1.29 is 9.47 Å². The maximum atomic E-state index is 9.04. The van der Waals surface area contributed by atoms with E-state index in [2.05, 4.69) is 22.0 Å². The van der Waals surface area contributed by atoms with Gasteiger partial charge in [-0.1, -0.05) is 34.1 Å². The average Bonchev–Trinajstić information content (AvgIpc) is 2.53. The molecule has 4 nitrogen and oxygen atoms in total. The lowest BCUT2D eigenvalue weighted by Crippen LogP contribution is -2.19. The number of nitrogens with zero attached hydrogens (tertiary/aromatic N) is 1.